The summed E-state index contributed by atoms with van der Waals surface area (Å²) in [4.78, 5) is 0. The van der Waals surface area contributed by atoms with E-state index in [1.54, 1.807) is 6.20 Å². The summed E-state index contributed by atoms with van der Waals surface area (Å²) < 4.78 is 8.48. The fraction of sp³-hybridized carbons (Fsp3) is 0.417. The molecule has 98 valence electrons. The maximum absolute atomic E-state index is 5.67. The number of nitrogens with one attached hydrogen (secondary N) is 1. The van der Waals surface area contributed by atoms with Gasteiger partial charge in [0.1, 0.15) is 17.6 Å². The smallest absolute Gasteiger partial charge is 0.128 e. The summed E-state index contributed by atoms with van der Waals surface area (Å²) in [6.07, 6.45) is 1.77. The second-order valence-electron chi connectivity index (χ2n) is 4.46. The average molecular weight is 313 g/mol. The van der Waals surface area contributed by atoms with Gasteiger partial charge in [0, 0.05) is 6.04 Å². The zero-order chi connectivity index (χ0) is 13.3. The molecule has 0 aliphatic heterocycles. The van der Waals surface area contributed by atoms with Crippen LogP contribution in [0.15, 0.2) is 27.2 Å². The normalized spacial score (nSPS) is 13.2. The van der Waals surface area contributed by atoms with Crippen LogP contribution in [-0.4, -0.2) is 9.78 Å². The largest absolute Gasteiger partial charge is 0.464 e. The fourth-order valence-electron chi connectivity index (χ4n) is 1.94. The summed E-state index contributed by atoms with van der Waals surface area (Å²) in [6.45, 7) is 6.06. The first-order valence-corrected chi connectivity index (χ1v) is 6.59. The van der Waals surface area contributed by atoms with E-state index in [-0.39, 0.29) is 12.1 Å². The van der Waals surface area contributed by atoms with E-state index in [1.165, 1.54) is 0 Å². The standard InChI is InChI=1S/C12H17BrN4O/c1-7(2)17-12(9(13)6-15-17)11(16-14)10-5-4-8(3)18-10/h4-7,11,16H,14H2,1-3H3. The van der Waals surface area contributed by atoms with Crippen molar-refractivity contribution >= 4 is 15.9 Å². The SMILES string of the molecule is Cc1ccc(C(NN)c2c(Br)cnn2C(C)C)o1. The van der Waals surface area contributed by atoms with Gasteiger partial charge in [0.25, 0.3) is 0 Å². The molecular formula is C12H17BrN4O. The van der Waals surface area contributed by atoms with E-state index in [2.05, 4.69) is 40.3 Å². The summed E-state index contributed by atoms with van der Waals surface area (Å²) in [5.74, 6) is 7.31. The molecule has 0 saturated heterocycles. The number of nitrogens with zero attached hydrogens (tertiary/aromatic N) is 2. The predicted octanol–water partition coefficient (Wildman–Crippen LogP) is 2.68. The monoisotopic (exact) mass is 312 g/mol. The number of hydrazine groups is 1. The Labute approximate surface area is 114 Å². The molecule has 2 aromatic rings. The van der Waals surface area contributed by atoms with Crippen LogP contribution in [0.1, 0.15) is 43.1 Å². The molecule has 0 aromatic carbocycles. The Morgan fingerprint density at radius 2 is 2.17 bits per heavy atom. The number of rotatable bonds is 4. The highest BCUT2D eigenvalue weighted by atomic mass is 79.9. The minimum absolute atomic E-state index is 0.224. The number of furan rings is 1. The van der Waals surface area contributed by atoms with Crippen molar-refractivity contribution < 1.29 is 4.42 Å². The van der Waals surface area contributed by atoms with Crippen molar-refractivity contribution in [2.45, 2.75) is 32.9 Å². The van der Waals surface area contributed by atoms with Crippen molar-refractivity contribution in [3.8, 4) is 0 Å². The second kappa shape index (κ2) is 5.26. The van der Waals surface area contributed by atoms with Crippen LogP contribution in [0.25, 0.3) is 0 Å². The minimum atomic E-state index is -0.224. The van der Waals surface area contributed by atoms with Crippen LogP contribution in [0.2, 0.25) is 0 Å². The summed E-state index contributed by atoms with van der Waals surface area (Å²) in [5, 5.41) is 4.35. The molecule has 5 nitrogen and oxygen atoms in total. The lowest BCUT2D eigenvalue weighted by Gasteiger charge is -2.18. The van der Waals surface area contributed by atoms with E-state index in [0.717, 1.165) is 21.7 Å². The van der Waals surface area contributed by atoms with Crippen molar-refractivity contribution in [1.29, 1.82) is 0 Å². The molecule has 2 rings (SSSR count). The molecule has 1 atom stereocenters. The molecule has 0 radical (unpaired) electrons. The summed E-state index contributed by atoms with van der Waals surface area (Å²) in [7, 11) is 0. The van der Waals surface area contributed by atoms with Gasteiger partial charge in [-0.3, -0.25) is 10.5 Å². The van der Waals surface area contributed by atoms with Gasteiger partial charge < -0.3 is 4.42 Å². The molecule has 0 aliphatic rings. The third-order valence-corrected chi connectivity index (χ3v) is 3.37. The van der Waals surface area contributed by atoms with Crippen molar-refractivity contribution in [1.82, 2.24) is 15.2 Å². The first-order valence-electron chi connectivity index (χ1n) is 5.80. The Balaban J connectivity index is 2.47. The Kier molecular flexibility index (Phi) is 3.89. The Morgan fingerprint density at radius 1 is 1.44 bits per heavy atom. The summed E-state index contributed by atoms with van der Waals surface area (Å²) in [5.41, 5.74) is 3.75. The highest BCUT2D eigenvalue weighted by molar-refractivity contribution is 9.10. The molecule has 0 saturated carbocycles. The van der Waals surface area contributed by atoms with Crippen LogP contribution in [0.5, 0.6) is 0 Å². The van der Waals surface area contributed by atoms with Gasteiger partial charge in [0.15, 0.2) is 0 Å². The number of aromatic nitrogens is 2. The molecule has 2 aromatic heterocycles. The van der Waals surface area contributed by atoms with Crippen LogP contribution in [0.3, 0.4) is 0 Å². The highest BCUT2D eigenvalue weighted by Gasteiger charge is 2.24. The first kappa shape index (κ1) is 13.3. The molecule has 0 bridgehead atoms. The third kappa shape index (κ3) is 2.36. The zero-order valence-electron chi connectivity index (χ0n) is 10.6. The molecule has 18 heavy (non-hydrogen) atoms. The molecule has 3 N–H and O–H groups in total. The van der Waals surface area contributed by atoms with Crippen LogP contribution < -0.4 is 11.3 Å². The lowest BCUT2D eigenvalue weighted by atomic mass is 10.1. The number of nitrogens with two attached hydrogens (primary N) is 1. The number of hydrogen-bond donors (Lipinski definition) is 2. The Morgan fingerprint density at radius 3 is 2.67 bits per heavy atom. The van der Waals surface area contributed by atoms with Crippen LogP contribution in [0.4, 0.5) is 0 Å². The highest BCUT2D eigenvalue weighted by Crippen LogP contribution is 2.30. The minimum Gasteiger partial charge on any atom is -0.464 e. The summed E-state index contributed by atoms with van der Waals surface area (Å²) >= 11 is 3.51. The zero-order valence-corrected chi connectivity index (χ0v) is 12.2. The lowest BCUT2D eigenvalue weighted by molar-refractivity contribution is 0.405. The maximum atomic E-state index is 5.67. The number of aryl methyl sites for hydroxylation is 1. The third-order valence-electron chi connectivity index (χ3n) is 2.76. The quantitative estimate of drug-likeness (QED) is 0.672. The predicted molar refractivity (Wildman–Crippen MR) is 72.9 cm³/mol. The van der Waals surface area contributed by atoms with Gasteiger partial charge in [-0.05, 0) is 48.8 Å². The topological polar surface area (TPSA) is 69.0 Å². The van der Waals surface area contributed by atoms with E-state index < -0.39 is 0 Å². The van der Waals surface area contributed by atoms with Crippen molar-refractivity contribution in [2.75, 3.05) is 0 Å². The van der Waals surface area contributed by atoms with Crippen LogP contribution >= 0.6 is 15.9 Å². The van der Waals surface area contributed by atoms with E-state index in [1.807, 2.05) is 23.7 Å². The van der Waals surface area contributed by atoms with Gasteiger partial charge in [-0.2, -0.15) is 5.10 Å². The Hall–Kier alpha value is -1.11. The molecule has 0 fully saturated rings. The molecule has 1 unspecified atom stereocenters. The fourth-order valence-corrected chi connectivity index (χ4v) is 2.44. The summed E-state index contributed by atoms with van der Waals surface area (Å²) in [6, 6.07) is 3.87. The van der Waals surface area contributed by atoms with E-state index >= 15 is 0 Å². The van der Waals surface area contributed by atoms with Gasteiger partial charge in [0.05, 0.1) is 16.4 Å². The maximum Gasteiger partial charge on any atom is 0.128 e. The van der Waals surface area contributed by atoms with Gasteiger partial charge in [-0.15, -0.1) is 0 Å². The van der Waals surface area contributed by atoms with E-state index in [9.17, 15) is 0 Å². The van der Waals surface area contributed by atoms with Crippen molar-refractivity contribution in [3.05, 3.63) is 40.0 Å². The molecular weight excluding hydrogens is 296 g/mol. The first-order chi connectivity index (χ1) is 8.54. The Bertz CT molecular complexity index is 532. The number of halogens is 1. The number of hydrogen-bond acceptors (Lipinski definition) is 4. The molecule has 6 heteroatoms. The van der Waals surface area contributed by atoms with Gasteiger partial charge in [-0.25, -0.2) is 5.43 Å². The molecule has 0 aliphatic carbocycles. The lowest BCUT2D eigenvalue weighted by Crippen LogP contribution is -2.31. The molecule has 0 spiro atoms. The van der Waals surface area contributed by atoms with Crippen molar-refractivity contribution in [3.63, 3.8) is 0 Å². The second-order valence-corrected chi connectivity index (χ2v) is 5.32. The van der Waals surface area contributed by atoms with E-state index in [4.69, 9.17) is 10.3 Å². The van der Waals surface area contributed by atoms with Gasteiger partial charge in [-0.1, -0.05) is 0 Å². The van der Waals surface area contributed by atoms with Crippen LogP contribution in [0, 0.1) is 6.92 Å². The van der Waals surface area contributed by atoms with E-state index in [0.29, 0.717) is 0 Å². The average Bonchev–Trinajstić information content (AvgIpc) is 2.88. The molecule has 0 amide bonds. The van der Waals surface area contributed by atoms with Crippen molar-refractivity contribution in [2.24, 2.45) is 5.84 Å². The van der Waals surface area contributed by atoms with Gasteiger partial charge >= 0.3 is 0 Å². The van der Waals surface area contributed by atoms with Gasteiger partial charge in [0.2, 0.25) is 0 Å². The van der Waals surface area contributed by atoms with Crippen LogP contribution in [-0.2, 0) is 0 Å². The molecule has 2 heterocycles.